The first-order chi connectivity index (χ1) is 13.1. The minimum absolute atomic E-state index is 0.134. The number of aromatic nitrogens is 2. The molecule has 0 bridgehead atoms. The molecule has 0 aliphatic carbocycles. The lowest BCUT2D eigenvalue weighted by Crippen LogP contribution is -2.25. The number of ether oxygens (including phenoxy) is 1. The van der Waals surface area contributed by atoms with Gasteiger partial charge in [-0.1, -0.05) is 19.1 Å². The summed E-state index contributed by atoms with van der Waals surface area (Å²) in [6.45, 7) is 2.62. The molecule has 0 spiro atoms. The number of benzene rings is 2. The first-order valence-electron chi connectivity index (χ1n) is 8.58. The minimum atomic E-state index is -0.361. The number of hydrogen-bond donors (Lipinski definition) is 1. The van der Waals surface area contributed by atoms with Crippen molar-refractivity contribution >= 4 is 5.91 Å². The molecule has 2 aromatic carbocycles. The van der Waals surface area contributed by atoms with Crippen molar-refractivity contribution in [2.24, 2.45) is 0 Å². The minimum Gasteiger partial charge on any atom is -0.485 e. The molecule has 0 unspecified atom stereocenters. The highest BCUT2D eigenvalue weighted by Crippen LogP contribution is 2.21. The van der Waals surface area contributed by atoms with Gasteiger partial charge in [0.15, 0.2) is 11.4 Å². The third kappa shape index (κ3) is 4.69. The second-order valence-electron chi connectivity index (χ2n) is 5.93. The van der Waals surface area contributed by atoms with Gasteiger partial charge in [0.2, 0.25) is 0 Å². The average Bonchev–Trinajstić information content (AvgIpc) is 3.10. The van der Waals surface area contributed by atoms with Crippen molar-refractivity contribution in [3.05, 3.63) is 77.6 Å². The van der Waals surface area contributed by atoms with Crippen LogP contribution in [0.5, 0.6) is 5.75 Å². The lowest BCUT2D eigenvalue weighted by atomic mass is 10.2. The molecule has 1 heterocycles. The summed E-state index contributed by atoms with van der Waals surface area (Å²) < 4.78 is 33.4. The lowest BCUT2D eigenvalue weighted by molar-refractivity contribution is 0.0944. The van der Waals surface area contributed by atoms with Crippen LogP contribution < -0.4 is 10.1 Å². The van der Waals surface area contributed by atoms with E-state index in [0.29, 0.717) is 12.2 Å². The normalized spacial score (nSPS) is 10.6. The summed E-state index contributed by atoms with van der Waals surface area (Å²) in [4.78, 5) is 12.4. The van der Waals surface area contributed by atoms with E-state index in [1.54, 1.807) is 30.5 Å². The predicted molar refractivity (Wildman–Crippen MR) is 96.9 cm³/mol. The molecule has 0 aliphatic rings. The Balaban J connectivity index is 1.85. The van der Waals surface area contributed by atoms with Crippen LogP contribution in [0.4, 0.5) is 8.78 Å². The molecule has 140 valence electrons. The van der Waals surface area contributed by atoms with Gasteiger partial charge >= 0.3 is 0 Å². The highest BCUT2D eigenvalue weighted by molar-refractivity contribution is 5.94. The van der Waals surface area contributed by atoms with Crippen molar-refractivity contribution in [2.75, 3.05) is 6.54 Å². The van der Waals surface area contributed by atoms with Crippen molar-refractivity contribution in [2.45, 2.75) is 20.0 Å². The lowest BCUT2D eigenvalue weighted by Gasteiger charge is -2.06. The van der Waals surface area contributed by atoms with E-state index in [-0.39, 0.29) is 35.6 Å². The maximum Gasteiger partial charge on any atom is 0.275 e. The zero-order valence-electron chi connectivity index (χ0n) is 14.8. The standard InChI is InChI=1S/C20H19F2N3O2/c1-2-11-23-20(26)19-18(27-13-14-3-5-15(21)6-4-14)12-25(24-19)17-9-7-16(22)8-10-17/h3-10,12H,2,11,13H2,1H3,(H,23,26). The second kappa shape index (κ2) is 8.44. The molecule has 0 atom stereocenters. The van der Waals surface area contributed by atoms with Crippen LogP contribution in [-0.4, -0.2) is 22.2 Å². The summed E-state index contributed by atoms with van der Waals surface area (Å²) in [6, 6.07) is 11.6. The average molecular weight is 371 g/mol. The zero-order valence-corrected chi connectivity index (χ0v) is 14.8. The summed E-state index contributed by atoms with van der Waals surface area (Å²) in [5.74, 6) is -0.758. The van der Waals surface area contributed by atoms with Crippen LogP contribution in [0.2, 0.25) is 0 Å². The number of halogens is 2. The van der Waals surface area contributed by atoms with Gasteiger partial charge in [0.1, 0.15) is 18.2 Å². The fraction of sp³-hybridized carbons (Fsp3) is 0.200. The summed E-state index contributed by atoms with van der Waals surface area (Å²) in [5.41, 5.74) is 1.48. The molecular weight excluding hydrogens is 352 g/mol. The van der Waals surface area contributed by atoms with Crippen molar-refractivity contribution < 1.29 is 18.3 Å². The number of rotatable bonds is 7. The predicted octanol–water partition coefficient (Wildman–Crippen LogP) is 3.87. The van der Waals surface area contributed by atoms with Crippen LogP contribution in [0.1, 0.15) is 29.4 Å². The van der Waals surface area contributed by atoms with Crippen LogP contribution in [0, 0.1) is 11.6 Å². The molecular formula is C20H19F2N3O2. The fourth-order valence-corrected chi connectivity index (χ4v) is 2.41. The Bertz CT molecular complexity index is 906. The van der Waals surface area contributed by atoms with Crippen molar-refractivity contribution in [3.63, 3.8) is 0 Å². The van der Waals surface area contributed by atoms with E-state index < -0.39 is 0 Å². The Hall–Kier alpha value is -3.22. The van der Waals surface area contributed by atoms with Gasteiger partial charge in [-0.05, 0) is 48.4 Å². The highest BCUT2D eigenvalue weighted by atomic mass is 19.1. The highest BCUT2D eigenvalue weighted by Gasteiger charge is 2.19. The Kier molecular flexibility index (Phi) is 5.80. The number of carbonyl (C=O) groups excluding carboxylic acids is 1. The Morgan fingerprint density at radius 2 is 1.70 bits per heavy atom. The quantitative estimate of drug-likeness (QED) is 0.686. The van der Waals surface area contributed by atoms with E-state index in [1.165, 1.54) is 28.9 Å². The first-order valence-corrected chi connectivity index (χ1v) is 8.58. The van der Waals surface area contributed by atoms with Crippen molar-refractivity contribution in [1.29, 1.82) is 0 Å². The maximum absolute atomic E-state index is 13.1. The molecule has 0 aliphatic heterocycles. The first kappa shape index (κ1) is 18.6. The van der Waals surface area contributed by atoms with Crippen LogP contribution in [0.25, 0.3) is 5.69 Å². The third-order valence-electron chi connectivity index (χ3n) is 3.83. The summed E-state index contributed by atoms with van der Waals surface area (Å²) in [7, 11) is 0. The molecule has 5 nitrogen and oxygen atoms in total. The Morgan fingerprint density at radius 3 is 2.33 bits per heavy atom. The number of hydrogen-bond acceptors (Lipinski definition) is 3. The molecule has 3 rings (SSSR count). The van der Waals surface area contributed by atoms with E-state index in [9.17, 15) is 13.6 Å². The molecule has 3 aromatic rings. The van der Waals surface area contributed by atoms with Gasteiger partial charge in [0.25, 0.3) is 5.91 Å². The number of amides is 1. The Labute approximate surface area is 155 Å². The maximum atomic E-state index is 13.1. The van der Waals surface area contributed by atoms with Gasteiger partial charge in [-0.15, -0.1) is 0 Å². The fourth-order valence-electron chi connectivity index (χ4n) is 2.41. The van der Waals surface area contributed by atoms with Crippen LogP contribution in [-0.2, 0) is 6.61 Å². The summed E-state index contributed by atoms with van der Waals surface area (Å²) in [6.07, 6.45) is 2.35. The van der Waals surface area contributed by atoms with Gasteiger partial charge in [0, 0.05) is 6.54 Å². The summed E-state index contributed by atoms with van der Waals surface area (Å²) in [5, 5.41) is 7.05. The number of nitrogens with zero attached hydrogens (tertiary/aromatic N) is 2. The molecule has 0 saturated carbocycles. The molecule has 0 fully saturated rings. The van der Waals surface area contributed by atoms with Gasteiger partial charge in [-0.3, -0.25) is 4.79 Å². The molecule has 0 radical (unpaired) electrons. The van der Waals surface area contributed by atoms with E-state index in [1.807, 2.05) is 6.92 Å². The van der Waals surface area contributed by atoms with E-state index in [4.69, 9.17) is 4.74 Å². The van der Waals surface area contributed by atoms with Gasteiger partial charge < -0.3 is 10.1 Å². The van der Waals surface area contributed by atoms with Gasteiger partial charge in [-0.2, -0.15) is 5.10 Å². The molecule has 1 amide bonds. The van der Waals surface area contributed by atoms with Crippen molar-refractivity contribution in [1.82, 2.24) is 15.1 Å². The largest absolute Gasteiger partial charge is 0.485 e. The molecule has 27 heavy (non-hydrogen) atoms. The molecule has 1 N–H and O–H groups in total. The Morgan fingerprint density at radius 1 is 1.07 bits per heavy atom. The molecule has 7 heteroatoms. The molecule has 1 aromatic heterocycles. The summed E-state index contributed by atoms with van der Waals surface area (Å²) >= 11 is 0. The SMILES string of the molecule is CCCNC(=O)c1nn(-c2ccc(F)cc2)cc1OCc1ccc(F)cc1. The number of carbonyl (C=O) groups is 1. The van der Waals surface area contributed by atoms with Crippen LogP contribution >= 0.6 is 0 Å². The van der Waals surface area contributed by atoms with E-state index in [2.05, 4.69) is 10.4 Å². The van der Waals surface area contributed by atoms with Gasteiger partial charge in [-0.25, -0.2) is 13.5 Å². The van der Waals surface area contributed by atoms with Crippen LogP contribution in [0.15, 0.2) is 54.7 Å². The third-order valence-corrected chi connectivity index (χ3v) is 3.83. The number of nitrogens with one attached hydrogen (secondary N) is 1. The van der Waals surface area contributed by atoms with Gasteiger partial charge in [0.05, 0.1) is 11.9 Å². The second-order valence-corrected chi connectivity index (χ2v) is 5.93. The van der Waals surface area contributed by atoms with Crippen molar-refractivity contribution in [3.8, 4) is 11.4 Å². The van der Waals surface area contributed by atoms with E-state index >= 15 is 0 Å². The monoisotopic (exact) mass is 371 g/mol. The molecule has 0 saturated heterocycles. The van der Waals surface area contributed by atoms with E-state index in [0.717, 1.165) is 12.0 Å². The van der Waals surface area contributed by atoms with Crippen LogP contribution in [0.3, 0.4) is 0 Å². The smallest absolute Gasteiger partial charge is 0.275 e. The topological polar surface area (TPSA) is 56.2 Å². The zero-order chi connectivity index (χ0) is 19.2.